The van der Waals surface area contributed by atoms with Crippen LogP contribution in [0.1, 0.15) is 29.8 Å². The van der Waals surface area contributed by atoms with Gasteiger partial charge in [-0.15, -0.1) is 0 Å². The average molecular weight is 408 g/mol. The normalized spacial score (nSPS) is 25.3. The Bertz CT molecular complexity index is 811. The van der Waals surface area contributed by atoms with E-state index >= 15 is 0 Å². The third kappa shape index (κ3) is 4.18. The molecule has 29 heavy (non-hydrogen) atoms. The molecule has 2 saturated heterocycles. The van der Waals surface area contributed by atoms with Crippen molar-refractivity contribution in [2.45, 2.75) is 44.8 Å². The van der Waals surface area contributed by atoms with E-state index in [0.717, 1.165) is 0 Å². The fourth-order valence-corrected chi connectivity index (χ4v) is 3.82. The number of ether oxygens (including phenoxy) is 1. The van der Waals surface area contributed by atoms with Crippen molar-refractivity contribution in [3.63, 3.8) is 0 Å². The Balaban J connectivity index is 0.00000240. The highest BCUT2D eigenvalue weighted by molar-refractivity contribution is 6.59. The molecule has 11 heteroatoms. The van der Waals surface area contributed by atoms with E-state index in [9.17, 15) is 29.9 Å². The average Bonchev–Trinajstić information content (AvgIpc) is 3.02. The molecule has 4 rings (SSSR count). The molecular formula is C18H25BN2O8-2. The van der Waals surface area contributed by atoms with Crippen molar-refractivity contribution in [2.75, 3.05) is 19.6 Å². The standard InChI is InChI=1S/C17H22BN2O8.CH4/c21-10-5-12(19-6-10)16(22)20-7-11(8-20)27-13-2-1-9-3-4-18(25,26)28-15(9)14(13)17(23)24;/h1-2,10-12,19,21,25-26H,3-8H2,(H,23,24);1H4/q-1;/p-1/t10-,12-;/m0./s1. The smallest absolute Gasteiger partial charge is 0.430 e. The summed E-state index contributed by atoms with van der Waals surface area (Å²) in [5.41, 5.74) is 0.167. The van der Waals surface area contributed by atoms with Gasteiger partial charge < -0.3 is 44.7 Å². The van der Waals surface area contributed by atoms with Gasteiger partial charge in [-0.25, -0.2) is 0 Å². The largest absolute Gasteiger partial charge is 0.669 e. The fraction of sp³-hybridized carbons (Fsp3) is 0.556. The lowest BCUT2D eigenvalue weighted by Gasteiger charge is -2.41. The van der Waals surface area contributed by atoms with Gasteiger partial charge in [-0.1, -0.05) is 19.8 Å². The lowest BCUT2D eigenvalue weighted by molar-refractivity contribution is -0.255. The maximum Gasteiger partial charge on any atom is 0.430 e. The van der Waals surface area contributed by atoms with Gasteiger partial charge in [-0.3, -0.25) is 4.79 Å². The maximum atomic E-state index is 12.3. The first-order valence-corrected chi connectivity index (χ1v) is 9.27. The van der Waals surface area contributed by atoms with Crippen LogP contribution in [0.4, 0.5) is 0 Å². The van der Waals surface area contributed by atoms with Crippen LogP contribution in [0.3, 0.4) is 0 Å². The number of fused-ring (bicyclic) bond motifs is 1. The first-order chi connectivity index (χ1) is 13.2. The SMILES string of the molecule is C.O=C([O-])c1c(OC2CN(C(=O)[C@@H]3C[C@H](O)CN3)C2)ccc2c1O[B-](O)(O)CC2. The summed E-state index contributed by atoms with van der Waals surface area (Å²) in [4.78, 5) is 25.5. The molecule has 0 aliphatic carbocycles. The monoisotopic (exact) mass is 408 g/mol. The minimum Gasteiger partial charge on any atom is -0.669 e. The van der Waals surface area contributed by atoms with E-state index in [1.807, 2.05) is 0 Å². The van der Waals surface area contributed by atoms with Crippen LogP contribution in [0, 0.1) is 0 Å². The summed E-state index contributed by atoms with van der Waals surface area (Å²) < 4.78 is 10.8. The number of hydrogen-bond donors (Lipinski definition) is 4. The Hall–Kier alpha value is -2.34. The second-order valence-corrected chi connectivity index (χ2v) is 7.56. The minimum absolute atomic E-state index is 0. The lowest BCUT2D eigenvalue weighted by atomic mass is 9.70. The number of β-amino-alcohol motifs (C(OH)–C–C–N with tert-alkyl or cyclic N) is 1. The topological polar surface area (TPSA) is 152 Å². The minimum atomic E-state index is -3.12. The van der Waals surface area contributed by atoms with E-state index in [1.54, 1.807) is 11.0 Å². The number of aromatic carboxylic acids is 1. The molecule has 0 spiro atoms. The number of aryl methyl sites for hydroxylation is 1. The summed E-state index contributed by atoms with van der Waals surface area (Å²) in [6.45, 7) is -2.18. The van der Waals surface area contributed by atoms with Crippen LogP contribution in [0.25, 0.3) is 0 Å². The summed E-state index contributed by atoms with van der Waals surface area (Å²) in [7, 11) is 0. The highest BCUT2D eigenvalue weighted by Gasteiger charge is 2.39. The zero-order chi connectivity index (χ0) is 20.1. The van der Waals surface area contributed by atoms with Crippen LogP contribution < -0.4 is 19.8 Å². The summed E-state index contributed by atoms with van der Waals surface area (Å²) in [6.07, 6.45) is -0.342. The first-order valence-electron chi connectivity index (χ1n) is 9.27. The summed E-state index contributed by atoms with van der Waals surface area (Å²) in [5, 5.41) is 43.6. The molecule has 0 unspecified atom stereocenters. The number of amides is 1. The van der Waals surface area contributed by atoms with Gasteiger partial charge in [-0.05, 0) is 24.5 Å². The van der Waals surface area contributed by atoms with Crippen molar-refractivity contribution in [1.29, 1.82) is 0 Å². The Labute approximate surface area is 168 Å². The van der Waals surface area contributed by atoms with Crippen molar-refractivity contribution in [3.05, 3.63) is 23.3 Å². The number of carbonyl (C=O) groups excluding carboxylic acids is 2. The van der Waals surface area contributed by atoms with Crippen LogP contribution in [0.15, 0.2) is 12.1 Å². The number of likely N-dealkylation sites (tertiary alicyclic amines) is 1. The highest BCUT2D eigenvalue weighted by atomic mass is 16.6. The Morgan fingerprint density at radius 1 is 1.31 bits per heavy atom. The number of hydrogen-bond acceptors (Lipinski definition) is 9. The molecule has 3 heterocycles. The number of carbonyl (C=O) groups is 2. The molecule has 0 aromatic heterocycles. The second kappa shape index (κ2) is 7.83. The number of aliphatic hydroxyl groups is 1. The Morgan fingerprint density at radius 2 is 2.03 bits per heavy atom. The Kier molecular flexibility index (Phi) is 5.77. The molecule has 160 valence electrons. The second-order valence-electron chi connectivity index (χ2n) is 7.56. The van der Waals surface area contributed by atoms with E-state index in [0.29, 0.717) is 18.5 Å². The predicted octanol–water partition coefficient (Wildman–Crippen LogP) is -2.14. The number of carboxylic acids is 1. The maximum absolute atomic E-state index is 12.3. The zero-order valence-corrected chi connectivity index (χ0v) is 15.0. The highest BCUT2D eigenvalue weighted by Crippen LogP contribution is 2.38. The van der Waals surface area contributed by atoms with Crippen molar-refractivity contribution in [1.82, 2.24) is 10.2 Å². The van der Waals surface area contributed by atoms with Crippen molar-refractivity contribution in [2.24, 2.45) is 0 Å². The van der Waals surface area contributed by atoms with E-state index in [4.69, 9.17) is 9.39 Å². The van der Waals surface area contributed by atoms with Gasteiger partial charge in [0, 0.05) is 6.54 Å². The number of aliphatic hydroxyl groups excluding tert-OH is 1. The molecule has 2 fully saturated rings. The molecule has 2 atom stereocenters. The van der Waals surface area contributed by atoms with E-state index in [2.05, 4.69) is 5.32 Å². The molecule has 0 bridgehead atoms. The molecule has 4 N–H and O–H groups in total. The fourth-order valence-electron chi connectivity index (χ4n) is 3.82. The number of nitrogens with zero attached hydrogens (tertiary/aromatic N) is 1. The van der Waals surface area contributed by atoms with Crippen LogP contribution in [-0.4, -0.2) is 76.6 Å². The van der Waals surface area contributed by atoms with Crippen molar-refractivity contribution < 1.29 is 39.2 Å². The lowest BCUT2D eigenvalue weighted by Crippen LogP contribution is -2.59. The summed E-state index contributed by atoms with van der Waals surface area (Å²) in [5.74, 6) is -1.82. The van der Waals surface area contributed by atoms with Gasteiger partial charge in [-0.2, -0.15) is 0 Å². The molecule has 0 saturated carbocycles. The van der Waals surface area contributed by atoms with Crippen molar-refractivity contribution >= 4 is 18.6 Å². The first kappa shape index (κ1) is 21.4. The van der Waals surface area contributed by atoms with Gasteiger partial charge in [0.05, 0.1) is 42.5 Å². The van der Waals surface area contributed by atoms with Crippen LogP contribution in [0.5, 0.6) is 11.5 Å². The van der Waals surface area contributed by atoms with Gasteiger partial charge in [0.1, 0.15) is 11.9 Å². The number of benzene rings is 1. The predicted molar refractivity (Wildman–Crippen MR) is 100 cm³/mol. The summed E-state index contributed by atoms with van der Waals surface area (Å²) >= 11 is 0. The summed E-state index contributed by atoms with van der Waals surface area (Å²) in [6, 6.07) is 2.69. The third-order valence-electron chi connectivity index (χ3n) is 5.36. The molecule has 0 radical (unpaired) electrons. The molecule has 1 amide bonds. The molecule has 1 aromatic rings. The number of carboxylic acid groups (broad SMARTS) is 1. The molecule has 3 aliphatic rings. The molecule has 10 nitrogen and oxygen atoms in total. The van der Waals surface area contributed by atoms with Crippen LogP contribution in [-0.2, 0) is 11.2 Å². The van der Waals surface area contributed by atoms with Crippen molar-refractivity contribution in [3.8, 4) is 11.5 Å². The third-order valence-corrected chi connectivity index (χ3v) is 5.36. The van der Waals surface area contributed by atoms with Crippen LogP contribution >= 0.6 is 0 Å². The molecule has 3 aliphatic heterocycles. The van der Waals surface area contributed by atoms with Gasteiger partial charge in [0.15, 0.2) is 0 Å². The Morgan fingerprint density at radius 3 is 2.66 bits per heavy atom. The quantitative estimate of drug-likeness (QED) is 0.409. The van der Waals surface area contributed by atoms with E-state index in [-0.39, 0.29) is 56.2 Å². The molecule has 1 aromatic carbocycles. The van der Waals surface area contributed by atoms with Crippen LogP contribution in [0.2, 0.25) is 6.32 Å². The zero-order valence-electron chi connectivity index (χ0n) is 15.0. The van der Waals surface area contributed by atoms with E-state index < -0.39 is 31.0 Å². The van der Waals surface area contributed by atoms with Gasteiger partial charge >= 0.3 is 6.75 Å². The van der Waals surface area contributed by atoms with Gasteiger partial charge in [0.2, 0.25) is 5.91 Å². The molecular weight excluding hydrogens is 383 g/mol. The number of rotatable bonds is 4. The number of nitrogens with one attached hydrogen (secondary N) is 1. The van der Waals surface area contributed by atoms with Gasteiger partial charge in [0.25, 0.3) is 0 Å². The van der Waals surface area contributed by atoms with E-state index in [1.165, 1.54) is 6.07 Å².